The van der Waals surface area contributed by atoms with Gasteiger partial charge in [-0.15, -0.1) is 0 Å². The van der Waals surface area contributed by atoms with Crippen LogP contribution >= 0.6 is 0 Å². The molecule has 2 aromatic rings. The molecule has 0 N–H and O–H groups in total. The molecule has 1 unspecified atom stereocenters. The van der Waals surface area contributed by atoms with Crippen LogP contribution in [0.5, 0.6) is 5.75 Å². The lowest BCUT2D eigenvalue weighted by Gasteiger charge is -2.20. The number of hydrogen-bond donors (Lipinski definition) is 0. The van der Waals surface area contributed by atoms with Gasteiger partial charge in [0.05, 0.1) is 5.56 Å². The van der Waals surface area contributed by atoms with E-state index in [0.717, 1.165) is 25.2 Å². The number of allylic oxidation sites excluding steroid dienone is 2. The molecule has 0 heterocycles. The van der Waals surface area contributed by atoms with Gasteiger partial charge in [0.15, 0.2) is 0 Å². The fraction of sp³-hybridized carbons (Fsp3) is 0.375. The average molecular weight is 348 g/mol. The molecule has 0 fully saturated rings. The van der Waals surface area contributed by atoms with E-state index in [2.05, 4.69) is 19.9 Å². The number of carbonyl (C=O) groups is 1. The van der Waals surface area contributed by atoms with Crippen molar-refractivity contribution in [1.82, 2.24) is 0 Å². The Hall–Kier alpha value is -2.35. The lowest BCUT2D eigenvalue weighted by molar-refractivity contribution is 0.0734. The van der Waals surface area contributed by atoms with Crippen LogP contribution in [0.1, 0.15) is 67.4 Å². The lowest BCUT2D eigenvalue weighted by Crippen LogP contribution is -2.09. The van der Waals surface area contributed by atoms with Crippen molar-refractivity contribution in [2.45, 2.75) is 52.4 Å². The zero-order valence-electron chi connectivity index (χ0n) is 15.8. The summed E-state index contributed by atoms with van der Waals surface area (Å²) in [5.74, 6) is 1.12. The molecular weight excluding hydrogens is 320 g/mol. The molecule has 1 aliphatic rings. The van der Waals surface area contributed by atoms with Gasteiger partial charge in [0.25, 0.3) is 0 Å². The van der Waals surface area contributed by atoms with E-state index in [1.807, 2.05) is 48.5 Å². The molecule has 2 heteroatoms. The van der Waals surface area contributed by atoms with Crippen LogP contribution in [0.25, 0.3) is 5.57 Å². The summed E-state index contributed by atoms with van der Waals surface area (Å²) in [6.45, 7) is 4.42. The normalized spacial score (nSPS) is 16.8. The van der Waals surface area contributed by atoms with Crippen molar-refractivity contribution in [3.63, 3.8) is 0 Å². The van der Waals surface area contributed by atoms with E-state index in [1.54, 1.807) is 0 Å². The maximum Gasteiger partial charge on any atom is 0.343 e. The number of benzene rings is 2. The second kappa shape index (κ2) is 8.84. The molecule has 0 bridgehead atoms. The van der Waals surface area contributed by atoms with E-state index in [0.29, 0.717) is 11.3 Å². The minimum Gasteiger partial charge on any atom is -0.423 e. The fourth-order valence-electron chi connectivity index (χ4n) is 3.52. The molecule has 2 aromatic carbocycles. The molecule has 0 radical (unpaired) electrons. The van der Waals surface area contributed by atoms with Gasteiger partial charge in [0.2, 0.25) is 0 Å². The van der Waals surface area contributed by atoms with E-state index in [-0.39, 0.29) is 5.97 Å². The molecule has 0 spiro atoms. The van der Waals surface area contributed by atoms with Gasteiger partial charge in [0, 0.05) is 0 Å². The number of aryl methyl sites for hydroxylation is 1. The van der Waals surface area contributed by atoms with Crippen molar-refractivity contribution in [2.75, 3.05) is 0 Å². The van der Waals surface area contributed by atoms with Crippen molar-refractivity contribution in [3.05, 3.63) is 71.3 Å². The summed E-state index contributed by atoms with van der Waals surface area (Å²) < 4.78 is 5.49. The predicted molar refractivity (Wildman–Crippen MR) is 107 cm³/mol. The van der Waals surface area contributed by atoms with Crippen LogP contribution < -0.4 is 4.74 Å². The minimum absolute atomic E-state index is 0.302. The monoisotopic (exact) mass is 348 g/mol. The summed E-state index contributed by atoms with van der Waals surface area (Å²) in [6, 6.07) is 15.6. The third-order valence-electron chi connectivity index (χ3n) is 5.26. The first-order valence-electron chi connectivity index (χ1n) is 9.80. The number of rotatable bonds is 6. The summed E-state index contributed by atoms with van der Waals surface area (Å²) in [4.78, 5) is 12.4. The molecular formula is C24H28O2. The van der Waals surface area contributed by atoms with E-state index < -0.39 is 0 Å². The van der Waals surface area contributed by atoms with Crippen LogP contribution in [-0.4, -0.2) is 5.97 Å². The van der Waals surface area contributed by atoms with Crippen LogP contribution in [0.2, 0.25) is 0 Å². The minimum atomic E-state index is -0.302. The van der Waals surface area contributed by atoms with Gasteiger partial charge in [-0.05, 0) is 72.6 Å². The molecule has 3 rings (SSSR count). The van der Waals surface area contributed by atoms with E-state index in [1.165, 1.54) is 36.0 Å². The molecule has 0 aromatic heterocycles. The quantitative estimate of drug-likeness (QED) is 0.443. The Balaban J connectivity index is 1.62. The van der Waals surface area contributed by atoms with Gasteiger partial charge in [-0.1, -0.05) is 57.0 Å². The third-order valence-corrected chi connectivity index (χ3v) is 5.26. The molecule has 0 amide bonds. The van der Waals surface area contributed by atoms with Crippen molar-refractivity contribution in [1.29, 1.82) is 0 Å². The zero-order chi connectivity index (χ0) is 18.4. The third kappa shape index (κ3) is 4.63. The maximum atomic E-state index is 12.4. The number of carbonyl (C=O) groups excluding carboxylic acids is 1. The van der Waals surface area contributed by atoms with Gasteiger partial charge in [-0.3, -0.25) is 0 Å². The van der Waals surface area contributed by atoms with Crippen LogP contribution in [0.4, 0.5) is 0 Å². The molecule has 136 valence electrons. The zero-order valence-corrected chi connectivity index (χ0v) is 15.8. The Morgan fingerprint density at radius 3 is 2.35 bits per heavy atom. The van der Waals surface area contributed by atoms with E-state index in [4.69, 9.17) is 4.74 Å². The SMILES string of the molecule is CCCc1ccc(OC(=O)c2ccc(C3=CCC(CC)CC3)cc2)cc1. The standard InChI is InChI=1S/C24H28O2/c1-3-5-19-8-16-23(17-9-19)26-24(25)22-14-12-21(13-15-22)20-10-6-18(4-2)7-11-20/h8-10,12-18H,3-7,11H2,1-2H3. The van der Waals surface area contributed by atoms with Crippen molar-refractivity contribution < 1.29 is 9.53 Å². The van der Waals surface area contributed by atoms with Gasteiger partial charge in [0.1, 0.15) is 5.75 Å². The largest absolute Gasteiger partial charge is 0.423 e. The second-order valence-electron chi connectivity index (χ2n) is 7.14. The Morgan fingerprint density at radius 2 is 1.77 bits per heavy atom. The lowest BCUT2D eigenvalue weighted by atomic mass is 9.85. The summed E-state index contributed by atoms with van der Waals surface area (Å²) >= 11 is 0. The highest BCUT2D eigenvalue weighted by Gasteiger charge is 2.15. The summed E-state index contributed by atoms with van der Waals surface area (Å²) in [5, 5.41) is 0. The molecule has 0 saturated heterocycles. The number of hydrogen-bond acceptors (Lipinski definition) is 2. The smallest absolute Gasteiger partial charge is 0.343 e. The van der Waals surface area contributed by atoms with Crippen LogP contribution in [-0.2, 0) is 6.42 Å². The summed E-state index contributed by atoms with van der Waals surface area (Å²) in [6.07, 6.45) is 9.35. The van der Waals surface area contributed by atoms with Gasteiger partial charge >= 0.3 is 5.97 Å². The first-order valence-corrected chi connectivity index (χ1v) is 9.80. The molecule has 0 saturated carbocycles. The predicted octanol–water partition coefficient (Wildman–Crippen LogP) is 6.45. The Morgan fingerprint density at radius 1 is 1.04 bits per heavy atom. The fourth-order valence-corrected chi connectivity index (χ4v) is 3.52. The van der Waals surface area contributed by atoms with Crippen LogP contribution in [0.15, 0.2) is 54.6 Å². The Kier molecular flexibility index (Phi) is 6.27. The molecule has 1 atom stereocenters. The van der Waals surface area contributed by atoms with Crippen molar-refractivity contribution in [3.8, 4) is 5.75 Å². The van der Waals surface area contributed by atoms with Crippen LogP contribution in [0, 0.1) is 5.92 Å². The van der Waals surface area contributed by atoms with Gasteiger partial charge < -0.3 is 4.74 Å². The highest BCUT2D eigenvalue weighted by molar-refractivity contribution is 5.91. The number of esters is 1. The summed E-state index contributed by atoms with van der Waals surface area (Å²) in [7, 11) is 0. The topological polar surface area (TPSA) is 26.3 Å². The highest BCUT2D eigenvalue weighted by atomic mass is 16.5. The van der Waals surface area contributed by atoms with Gasteiger partial charge in [-0.2, -0.15) is 0 Å². The maximum absolute atomic E-state index is 12.4. The second-order valence-corrected chi connectivity index (χ2v) is 7.14. The Bertz CT molecular complexity index is 754. The van der Waals surface area contributed by atoms with E-state index >= 15 is 0 Å². The van der Waals surface area contributed by atoms with Gasteiger partial charge in [-0.25, -0.2) is 4.79 Å². The average Bonchev–Trinajstić information content (AvgIpc) is 2.70. The van der Waals surface area contributed by atoms with Crippen LogP contribution in [0.3, 0.4) is 0 Å². The van der Waals surface area contributed by atoms with E-state index in [9.17, 15) is 4.79 Å². The van der Waals surface area contributed by atoms with Crippen molar-refractivity contribution >= 4 is 11.5 Å². The number of ether oxygens (including phenoxy) is 1. The first kappa shape index (κ1) is 18.4. The summed E-state index contributed by atoms with van der Waals surface area (Å²) in [5.41, 5.74) is 4.48. The Labute approximate surface area is 156 Å². The molecule has 26 heavy (non-hydrogen) atoms. The molecule has 0 aliphatic heterocycles. The van der Waals surface area contributed by atoms with Crippen molar-refractivity contribution in [2.24, 2.45) is 5.92 Å². The molecule has 2 nitrogen and oxygen atoms in total. The molecule has 1 aliphatic carbocycles. The first-order chi connectivity index (χ1) is 12.7. The highest BCUT2D eigenvalue weighted by Crippen LogP contribution is 2.31.